The number of benzene rings is 1. The summed E-state index contributed by atoms with van der Waals surface area (Å²) in [5.41, 5.74) is 1.91. The van der Waals surface area contributed by atoms with Gasteiger partial charge in [-0.3, -0.25) is 0 Å². The molecule has 0 radical (unpaired) electrons. The number of aryl methyl sites for hydroxylation is 1. The molecule has 1 aliphatic rings. The third-order valence-corrected chi connectivity index (χ3v) is 2.49. The van der Waals surface area contributed by atoms with Gasteiger partial charge in [0.15, 0.2) is 6.21 Å². The minimum Gasteiger partial charge on any atom is -0.619 e. The van der Waals surface area contributed by atoms with Crippen LogP contribution >= 0.6 is 15.9 Å². The lowest BCUT2D eigenvalue weighted by Gasteiger charge is -2.12. The molecule has 0 amide bonds. The number of hydrogen-bond donors (Lipinski definition) is 0. The summed E-state index contributed by atoms with van der Waals surface area (Å²) in [6, 6.07) is 5.83. The maximum Gasteiger partial charge on any atom is 0.220 e. The van der Waals surface area contributed by atoms with Crippen LogP contribution in [0, 0.1) is 5.21 Å². The van der Waals surface area contributed by atoms with Crippen molar-refractivity contribution in [2.24, 2.45) is 0 Å². The maximum atomic E-state index is 11.3. The third-order valence-electron chi connectivity index (χ3n) is 1.99. The molecule has 0 atom stereocenters. The number of nitrogens with zero attached hydrogens (tertiary/aromatic N) is 1. The van der Waals surface area contributed by atoms with Crippen LogP contribution in [0.2, 0.25) is 0 Å². The zero-order valence-corrected chi connectivity index (χ0v) is 8.04. The summed E-state index contributed by atoms with van der Waals surface area (Å²) in [6.45, 7) is 0. The molecule has 1 aliphatic heterocycles. The van der Waals surface area contributed by atoms with E-state index in [0.29, 0.717) is 0 Å². The van der Waals surface area contributed by atoms with E-state index in [1.165, 1.54) is 0 Å². The summed E-state index contributed by atoms with van der Waals surface area (Å²) < 4.78 is 1.90. The highest BCUT2D eigenvalue weighted by molar-refractivity contribution is 9.10. The average Bonchev–Trinajstić information content (AvgIpc) is 2.07. The van der Waals surface area contributed by atoms with Crippen molar-refractivity contribution in [1.82, 2.24) is 0 Å². The summed E-state index contributed by atoms with van der Waals surface area (Å²) in [7, 11) is 0. The second-order valence-electron chi connectivity index (χ2n) is 2.82. The summed E-state index contributed by atoms with van der Waals surface area (Å²) in [5, 5.41) is 11.3. The van der Waals surface area contributed by atoms with E-state index in [9.17, 15) is 5.21 Å². The van der Waals surface area contributed by atoms with Crippen molar-refractivity contribution < 1.29 is 4.74 Å². The standard InChI is InChI=1S/C9H8BrNO/c10-8-4-3-7-2-1-5-11(12)9(7)6-8/h3-6H,1-2H2. The van der Waals surface area contributed by atoms with Crippen LogP contribution in [0.1, 0.15) is 12.0 Å². The monoisotopic (exact) mass is 225 g/mol. The van der Waals surface area contributed by atoms with Crippen molar-refractivity contribution in [3.63, 3.8) is 0 Å². The predicted octanol–water partition coefficient (Wildman–Crippen LogP) is 2.61. The van der Waals surface area contributed by atoms with Gasteiger partial charge in [0.25, 0.3) is 0 Å². The highest BCUT2D eigenvalue weighted by Crippen LogP contribution is 2.26. The first-order valence-electron chi connectivity index (χ1n) is 3.85. The lowest BCUT2D eigenvalue weighted by molar-refractivity contribution is -0.359. The molecule has 0 saturated carbocycles. The molecular formula is C9H8BrNO. The molecule has 0 aliphatic carbocycles. The lowest BCUT2D eigenvalue weighted by atomic mass is 10.1. The van der Waals surface area contributed by atoms with E-state index < -0.39 is 0 Å². The Kier molecular flexibility index (Phi) is 1.89. The minimum absolute atomic E-state index is 0.774. The molecule has 1 aromatic carbocycles. The lowest BCUT2D eigenvalue weighted by Crippen LogP contribution is -2.07. The van der Waals surface area contributed by atoms with Gasteiger partial charge >= 0.3 is 0 Å². The van der Waals surface area contributed by atoms with Crippen molar-refractivity contribution in [1.29, 1.82) is 0 Å². The van der Waals surface area contributed by atoms with Crippen LogP contribution in [-0.2, 0) is 6.42 Å². The zero-order chi connectivity index (χ0) is 8.55. The molecule has 12 heavy (non-hydrogen) atoms. The number of fused-ring (bicyclic) bond motifs is 1. The molecule has 0 N–H and O–H groups in total. The van der Waals surface area contributed by atoms with Crippen molar-refractivity contribution in [3.8, 4) is 0 Å². The summed E-state index contributed by atoms with van der Waals surface area (Å²) >= 11 is 3.34. The Hall–Kier alpha value is -0.830. The fourth-order valence-electron chi connectivity index (χ4n) is 1.39. The van der Waals surface area contributed by atoms with Crippen molar-refractivity contribution in [2.45, 2.75) is 12.8 Å². The fourth-order valence-corrected chi connectivity index (χ4v) is 1.74. The smallest absolute Gasteiger partial charge is 0.220 e. The Labute approximate surface area is 79.2 Å². The first-order valence-corrected chi connectivity index (χ1v) is 4.65. The average molecular weight is 226 g/mol. The largest absolute Gasteiger partial charge is 0.619 e. The SMILES string of the molecule is [O-][N+]1=CCCc2ccc(Br)cc21. The number of halogens is 1. The van der Waals surface area contributed by atoms with Gasteiger partial charge in [-0.05, 0) is 12.5 Å². The first-order chi connectivity index (χ1) is 5.77. The van der Waals surface area contributed by atoms with Crippen LogP contribution in [-0.4, -0.2) is 11.0 Å². The van der Waals surface area contributed by atoms with Gasteiger partial charge in [-0.2, -0.15) is 4.74 Å². The van der Waals surface area contributed by atoms with Gasteiger partial charge in [-0.25, -0.2) is 0 Å². The van der Waals surface area contributed by atoms with Gasteiger partial charge in [0.05, 0.1) is 0 Å². The van der Waals surface area contributed by atoms with E-state index in [-0.39, 0.29) is 0 Å². The van der Waals surface area contributed by atoms with Crippen molar-refractivity contribution in [2.75, 3.05) is 0 Å². The molecule has 0 spiro atoms. The molecule has 62 valence electrons. The van der Waals surface area contributed by atoms with Gasteiger partial charge < -0.3 is 5.21 Å². The quantitative estimate of drug-likeness (QED) is 0.493. The first kappa shape index (κ1) is 7.80. The Bertz CT molecular complexity index is 346. The predicted molar refractivity (Wildman–Crippen MR) is 51.8 cm³/mol. The molecule has 0 bridgehead atoms. The van der Waals surface area contributed by atoms with Crippen molar-refractivity contribution in [3.05, 3.63) is 33.4 Å². The second-order valence-corrected chi connectivity index (χ2v) is 3.74. The second kappa shape index (κ2) is 2.90. The summed E-state index contributed by atoms with van der Waals surface area (Å²) in [6.07, 6.45) is 3.49. The van der Waals surface area contributed by atoms with E-state index in [0.717, 1.165) is 33.3 Å². The van der Waals surface area contributed by atoms with E-state index >= 15 is 0 Å². The molecule has 0 aromatic heterocycles. The molecule has 3 heteroatoms. The highest BCUT2D eigenvalue weighted by Gasteiger charge is 2.14. The molecule has 2 nitrogen and oxygen atoms in total. The molecule has 0 unspecified atom stereocenters. The fraction of sp³-hybridized carbons (Fsp3) is 0.222. The normalized spacial score (nSPS) is 15.2. The van der Waals surface area contributed by atoms with Crippen LogP contribution in [0.3, 0.4) is 0 Å². The van der Waals surface area contributed by atoms with Crippen LogP contribution in [0.15, 0.2) is 22.7 Å². The summed E-state index contributed by atoms with van der Waals surface area (Å²) in [4.78, 5) is 0. The number of rotatable bonds is 0. The van der Waals surface area contributed by atoms with Gasteiger partial charge in [-0.1, -0.05) is 22.0 Å². The van der Waals surface area contributed by atoms with Gasteiger partial charge in [-0.15, -0.1) is 0 Å². The Morgan fingerprint density at radius 2 is 2.25 bits per heavy atom. The highest BCUT2D eigenvalue weighted by atomic mass is 79.9. The summed E-state index contributed by atoms with van der Waals surface area (Å²) in [5.74, 6) is 0. The minimum atomic E-state index is 0.774. The molecular weight excluding hydrogens is 218 g/mol. The van der Waals surface area contributed by atoms with E-state index in [1.54, 1.807) is 6.21 Å². The number of hydrogen-bond acceptors (Lipinski definition) is 1. The van der Waals surface area contributed by atoms with Crippen LogP contribution in [0.4, 0.5) is 5.69 Å². The zero-order valence-electron chi connectivity index (χ0n) is 6.46. The molecule has 1 aromatic rings. The topological polar surface area (TPSA) is 26.1 Å². The molecule has 1 heterocycles. The molecule has 0 fully saturated rings. The van der Waals surface area contributed by atoms with E-state index in [1.807, 2.05) is 18.2 Å². The van der Waals surface area contributed by atoms with E-state index in [4.69, 9.17) is 0 Å². The van der Waals surface area contributed by atoms with Crippen LogP contribution < -0.4 is 0 Å². The Morgan fingerprint density at radius 1 is 1.42 bits per heavy atom. The van der Waals surface area contributed by atoms with Crippen molar-refractivity contribution >= 4 is 27.8 Å². The van der Waals surface area contributed by atoms with Gasteiger partial charge in [0, 0.05) is 22.5 Å². The van der Waals surface area contributed by atoms with Gasteiger partial charge in [0.2, 0.25) is 5.69 Å². The van der Waals surface area contributed by atoms with Crippen LogP contribution in [0.25, 0.3) is 0 Å². The third kappa shape index (κ3) is 1.25. The Morgan fingerprint density at radius 3 is 3.08 bits per heavy atom. The van der Waals surface area contributed by atoms with Gasteiger partial charge in [0.1, 0.15) is 0 Å². The molecule has 0 saturated heterocycles. The molecule has 2 rings (SSSR count). The van der Waals surface area contributed by atoms with E-state index in [2.05, 4.69) is 15.9 Å². The van der Waals surface area contributed by atoms with Crippen LogP contribution in [0.5, 0.6) is 0 Å². The Balaban J connectivity index is 2.58. The maximum absolute atomic E-state index is 11.3.